The Morgan fingerprint density at radius 2 is 1.88 bits per heavy atom. The predicted molar refractivity (Wildman–Crippen MR) is 61.7 cm³/mol. The van der Waals surface area contributed by atoms with Crippen LogP contribution in [0.5, 0.6) is 0 Å². The molecule has 0 saturated heterocycles. The second-order valence-corrected chi connectivity index (χ2v) is 5.38. The van der Waals surface area contributed by atoms with Crippen molar-refractivity contribution in [1.29, 1.82) is 0 Å². The first-order valence-electron chi connectivity index (χ1n) is 4.92. The SMILES string of the molecule is COCCS(=O)(=O)c1ccccc1C(=O)OC. The molecule has 0 unspecified atom stereocenters. The van der Waals surface area contributed by atoms with Crippen LogP contribution in [0.3, 0.4) is 0 Å². The molecular formula is C11H14O5S. The highest BCUT2D eigenvalue weighted by atomic mass is 32.2. The molecule has 0 spiro atoms. The summed E-state index contributed by atoms with van der Waals surface area (Å²) in [5, 5.41) is 0. The summed E-state index contributed by atoms with van der Waals surface area (Å²) in [6.45, 7) is 0.0812. The van der Waals surface area contributed by atoms with Gasteiger partial charge in [-0.25, -0.2) is 13.2 Å². The quantitative estimate of drug-likeness (QED) is 0.734. The molecule has 0 N–H and O–H groups in total. The summed E-state index contributed by atoms with van der Waals surface area (Å²) in [5.74, 6) is -0.834. The van der Waals surface area contributed by atoms with E-state index in [9.17, 15) is 13.2 Å². The fourth-order valence-electron chi connectivity index (χ4n) is 1.32. The van der Waals surface area contributed by atoms with Crippen LogP contribution in [-0.2, 0) is 19.3 Å². The summed E-state index contributed by atoms with van der Waals surface area (Å²) in [6.07, 6.45) is 0. The lowest BCUT2D eigenvalue weighted by molar-refractivity contribution is 0.0596. The van der Waals surface area contributed by atoms with E-state index in [-0.39, 0.29) is 22.8 Å². The number of esters is 1. The van der Waals surface area contributed by atoms with Gasteiger partial charge in [-0.3, -0.25) is 0 Å². The van der Waals surface area contributed by atoms with Crippen molar-refractivity contribution in [2.24, 2.45) is 0 Å². The molecule has 0 radical (unpaired) electrons. The maximum absolute atomic E-state index is 11.9. The fourth-order valence-corrected chi connectivity index (χ4v) is 2.70. The number of ether oxygens (including phenoxy) is 2. The lowest BCUT2D eigenvalue weighted by Crippen LogP contribution is -2.16. The van der Waals surface area contributed by atoms with Crippen molar-refractivity contribution in [1.82, 2.24) is 0 Å². The van der Waals surface area contributed by atoms with Gasteiger partial charge in [0, 0.05) is 7.11 Å². The van der Waals surface area contributed by atoms with Crippen LogP contribution in [0.1, 0.15) is 10.4 Å². The number of methoxy groups -OCH3 is 2. The summed E-state index contributed by atoms with van der Waals surface area (Å²) in [5.41, 5.74) is 0.0473. The van der Waals surface area contributed by atoms with E-state index < -0.39 is 15.8 Å². The lowest BCUT2D eigenvalue weighted by atomic mass is 10.2. The van der Waals surface area contributed by atoms with Crippen molar-refractivity contribution < 1.29 is 22.7 Å². The summed E-state index contributed by atoms with van der Waals surface area (Å²) < 4.78 is 33.2. The number of hydrogen-bond donors (Lipinski definition) is 0. The van der Waals surface area contributed by atoms with Crippen molar-refractivity contribution in [3.63, 3.8) is 0 Å². The first-order valence-corrected chi connectivity index (χ1v) is 6.57. The standard InChI is InChI=1S/C11H14O5S/c1-15-7-8-17(13,14)10-6-4-3-5-9(10)11(12)16-2/h3-6H,7-8H2,1-2H3. The van der Waals surface area contributed by atoms with Gasteiger partial charge in [-0.1, -0.05) is 12.1 Å². The number of carbonyl (C=O) groups excluding carboxylic acids is 1. The van der Waals surface area contributed by atoms with Gasteiger partial charge < -0.3 is 9.47 Å². The van der Waals surface area contributed by atoms with Crippen molar-refractivity contribution in [3.05, 3.63) is 29.8 Å². The van der Waals surface area contributed by atoms with E-state index in [2.05, 4.69) is 4.74 Å². The minimum Gasteiger partial charge on any atom is -0.465 e. The molecule has 94 valence electrons. The van der Waals surface area contributed by atoms with E-state index in [1.54, 1.807) is 12.1 Å². The normalized spacial score (nSPS) is 11.2. The third-order valence-corrected chi connectivity index (χ3v) is 3.91. The van der Waals surface area contributed by atoms with Crippen LogP contribution in [0.4, 0.5) is 0 Å². The molecule has 0 amide bonds. The van der Waals surface area contributed by atoms with Crippen LogP contribution in [-0.4, -0.2) is 41.0 Å². The van der Waals surface area contributed by atoms with Crippen molar-refractivity contribution in [3.8, 4) is 0 Å². The molecule has 1 aromatic carbocycles. The topological polar surface area (TPSA) is 69.7 Å². The molecule has 0 heterocycles. The Morgan fingerprint density at radius 3 is 2.47 bits per heavy atom. The Balaban J connectivity index is 3.17. The first kappa shape index (κ1) is 13.7. The first-order chi connectivity index (χ1) is 8.03. The summed E-state index contributed by atoms with van der Waals surface area (Å²) in [7, 11) is -0.906. The summed E-state index contributed by atoms with van der Waals surface area (Å²) in [4.78, 5) is 11.4. The van der Waals surface area contributed by atoms with Crippen molar-refractivity contribution in [2.45, 2.75) is 4.90 Å². The van der Waals surface area contributed by atoms with Gasteiger partial charge in [-0.05, 0) is 12.1 Å². The summed E-state index contributed by atoms with van der Waals surface area (Å²) in [6, 6.07) is 5.95. The fraction of sp³-hybridized carbons (Fsp3) is 0.364. The highest BCUT2D eigenvalue weighted by Gasteiger charge is 2.22. The van der Waals surface area contributed by atoms with E-state index in [0.29, 0.717) is 0 Å². The van der Waals surface area contributed by atoms with Gasteiger partial charge in [-0.2, -0.15) is 0 Å². The van der Waals surface area contributed by atoms with E-state index in [0.717, 1.165) is 0 Å². The van der Waals surface area contributed by atoms with Crippen molar-refractivity contribution in [2.75, 3.05) is 26.6 Å². The molecule has 0 saturated carbocycles. The highest BCUT2D eigenvalue weighted by Crippen LogP contribution is 2.17. The van der Waals surface area contributed by atoms with Crippen molar-refractivity contribution >= 4 is 15.8 Å². The third kappa shape index (κ3) is 3.28. The second kappa shape index (κ2) is 5.79. The molecule has 17 heavy (non-hydrogen) atoms. The monoisotopic (exact) mass is 258 g/mol. The average Bonchev–Trinajstić information content (AvgIpc) is 2.35. The van der Waals surface area contributed by atoms with Crippen LogP contribution in [0, 0.1) is 0 Å². The van der Waals surface area contributed by atoms with E-state index in [4.69, 9.17) is 4.74 Å². The van der Waals surface area contributed by atoms with Crippen LogP contribution < -0.4 is 0 Å². The minimum atomic E-state index is -3.53. The Bertz CT molecular complexity index is 492. The number of benzene rings is 1. The zero-order valence-electron chi connectivity index (χ0n) is 9.67. The smallest absolute Gasteiger partial charge is 0.339 e. The van der Waals surface area contributed by atoms with Gasteiger partial charge in [0.15, 0.2) is 9.84 Å². The largest absolute Gasteiger partial charge is 0.465 e. The van der Waals surface area contributed by atoms with E-state index >= 15 is 0 Å². The average molecular weight is 258 g/mol. The molecule has 1 aromatic rings. The molecule has 0 aliphatic rings. The molecule has 1 rings (SSSR count). The second-order valence-electron chi connectivity index (χ2n) is 3.30. The van der Waals surface area contributed by atoms with Gasteiger partial charge in [0.05, 0.1) is 29.9 Å². The molecule has 0 aliphatic heterocycles. The Kier molecular flexibility index (Phi) is 4.65. The Hall–Kier alpha value is -1.40. The maximum Gasteiger partial charge on any atom is 0.339 e. The van der Waals surface area contributed by atoms with Gasteiger partial charge in [0.2, 0.25) is 0 Å². The molecule has 0 aliphatic carbocycles. The zero-order valence-corrected chi connectivity index (χ0v) is 10.5. The molecule has 0 bridgehead atoms. The van der Waals surface area contributed by atoms with E-state index in [1.807, 2.05) is 0 Å². The lowest BCUT2D eigenvalue weighted by Gasteiger charge is -2.08. The zero-order chi connectivity index (χ0) is 12.9. The molecule has 6 heteroatoms. The Morgan fingerprint density at radius 1 is 1.24 bits per heavy atom. The number of hydrogen-bond acceptors (Lipinski definition) is 5. The van der Waals surface area contributed by atoms with Crippen LogP contribution in [0.15, 0.2) is 29.2 Å². The number of carbonyl (C=O) groups is 1. The molecule has 0 fully saturated rings. The third-order valence-electron chi connectivity index (χ3n) is 2.18. The molecule has 0 atom stereocenters. The highest BCUT2D eigenvalue weighted by molar-refractivity contribution is 7.91. The molecule has 0 aromatic heterocycles. The van der Waals surface area contributed by atoms with Crippen LogP contribution >= 0.6 is 0 Å². The number of rotatable bonds is 5. The maximum atomic E-state index is 11.9. The van der Waals surface area contributed by atoms with Gasteiger partial charge in [-0.15, -0.1) is 0 Å². The molecular weight excluding hydrogens is 244 g/mol. The minimum absolute atomic E-state index is 0.0242. The number of sulfone groups is 1. The summed E-state index contributed by atoms with van der Waals surface area (Å²) >= 11 is 0. The van der Waals surface area contributed by atoms with Gasteiger partial charge in [0.1, 0.15) is 0 Å². The van der Waals surface area contributed by atoms with Gasteiger partial charge >= 0.3 is 5.97 Å². The Labute approximate surface area is 100 Å². The van der Waals surface area contributed by atoms with Crippen LogP contribution in [0.2, 0.25) is 0 Å². The predicted octanol–water partition coefficient (Wildman–Crippen LogP) is 0.893. The van der Waals surface area contributed by atoms with E-state index in [1.165, 1.54) is 26.4 Å². The molecule has 5 nitrogen and oxygen atoms in total. The van der Waals surface area contributed by atoms with Crippen LogP contribution in [0.25, 0.3) is 0 Å². The van der Waals surface area contributed by atoms with Gasteiger partial charge in [0.25, 0.3) is 0 Å².